The van der Waals surface area contributed by atoms with E-state index in [1.54, 1.807) is 12.7 Å². The van der Waals surface area contributed by atoms with Gasteiger partial charge >= 0.3 is 0 Å². The van der Waals surface area contributed by atoms with Gasteiger partial charge in [-0.1, -0.05) is 6.42 Å². The summed E-state index contributed by atoms with van der Waals surface area (Å²) in [7, 11) is 0. The van der Waals surface area contributed by atoms with Crippen LogP contribution in [0.5, 0.6) is 0 Å². The van der Waals surface area contributed by atoms with Crippen LogP contribution in [0.25, 0.3) is 0 Å². The minimum Gasteiger partial charge on any atom is -0.356 e. The van der Waals surface area contributed by atoms with E-state index in [0.717, 1.165) is 37.4 Å². The van der Waals surface area contributed by atoms with Gasteiger partial charge in [-0.3, -0.25) is 0 Å². The van der Waals surface area contributed by atoms with Crippen molar-refractivity contribution in [3.63, 3.8) is 0 Å². The Morgan fingerprint density at radius 3 is 2.39 bits per heavy atom. The first-order valence-corrected chi connectivity index (χ1v) is 10.9. The van der Waals surface area contributed by atoms with Crippen LogP contribution in [0.15, 0.2) is 18.7 Å². The van der Waals surface area contributed by atoms with Crippen LogP contribution in [0.3, 0.4) is 0 Å². The molecule has 0 radical (unpaired) electrons. The van der Waals surface area contributed by atoms with Gasteiger partial charge in [0.1, 0.15) is 24.3 Å². The van der Waals surface area contributed by atoms with Gasteiger partial charge in [0.25, 0.3) is 0 Å². The molecule has 0 unspecified atom stereocenters. The lowest BCUT2D eigenvalue weighted by Gasteiger charge is -2.40. The molecule has 3 aliphatic rings. The molecule has 5 rings (SSSR count). The van der Waals surface area contributed by atoms with E-state index in [0.29, 0.717) is 12.1 Å². The lowest BCUT2D eigenvalue weighted by atomic mass is 10.0. The summed E-state index contributed by atoms with van der Waals surface area (Å²) in [6, 6.07) is 3.38. The summed E-state index contributed by atoms with van der Waals surface area (Å²) in [5, 5.41) is 0. The summed E-state index contributed by atoms with van der Waals surface area (Å²) >= 11 is 0. The second kappa shape index (κ2) is 7.64. The zero-order valence-corrected chi connectivity index (χ0v) is 16.8. The molecule has 148 valence electrons. The van der Waals surface area contributed by atoms with E-state index in [4.69, 9.17) is 4.98 Å². The van der Waals surface area contributed by atoms with E-state index in [9.17, 15) is 0 Å². The Kier molecular flexibility index (Phi) is 4.87. The van der Waals surface area contributed by atoms with E-state index in [1.165, 1.54) is 62.0 Å². The van der Waals surface area contributed by atoms with Crippen molar-refractivity contribution in [3.05, 3.63) is 35.7 Å². The molecule has 0 bridgehead atoms. The fourth-order valence-corrected chi connectivity index (χ4v) is 4.92. The van der Waals surface area contributed by atoms with E-state index in [2.05, 4.69) is 37.7 Å². The second-order valence-electron chi connectivity index (χ2n) is 8.56. The van der Waals surface area contributed by atoms with E-state index < -0.39 is 0 Å². The first kappa shape index (κ1) is 17.8. The van der Waals surface area contributed by atoms with Gasteiger partial charge in [-0.25, -0.2) is 19.9 Å². The maximum atomic E-state index is 4.73. The maximum absolute atomic E-state index is 4.73. The Bertz CT molecular complexity index is 826. The van der Waals surface area contributed by atoms with Gasteiger partial charge in [-0.2, -0.15) is 0 Å². The highest BCUT2D eigenvalue weighted by Gasteiger charge is 2.37. The largest absolute Gasteiger partial charge is 0.356 e. The molecule has 0 atom stereocenters. The fraction of sp³-hybridized carbons (Fsp3) is 0.636. The highest BCUT2D eigenvalue weighted by atomic mass is 15.3. The van der Waals surface area contributed by atoms with Crippen molar-refractivity contribution in [2.24, 2.45) is 0 Å². The number of anilines is 2. The molecule has 2 aromatic rings. The molecule has 0 aromatic carbocycles. The number of hydrogen-bond acceptors (Lipinski definition) is 6. The van der Waals surface area contributed by atoms with Crippen molar-refractivity contribution < 1.29 is 0 Å². The van der Waals surface area contributed by atoms with Crippen LogP contribution in [-0.2, 0) is 12.8 Å². The number of rotatable bonds is 4. The van der Waals surface area contributed by atoms with Gasteiger partial charge in [0.05, 0.1) is 0 Å². The number of hydrogen-bond donors (Lipinski definition) is 0. The molecule has 6 heteroatoms. The number of piperidine rings is 1. The SMILES string of the molecule is Cc1cc(N(C2CC2)C2CCN(c3ncnc4c3CCCCC4)CC2)ncn1. The third-order valence-electron chi connectivity index (χ3n) is 6.50. The minimum absolute atomic E-state index is 0.568. The number of nitrogens with zero attached hydrogens (tertiary/aromatic N) is 6. The lowest BCUT2D eigenvalue weighted by Crippen LogP contribution is -2.47. The maximum Gasteiger partial charge on any atom is 0.135 e. The summed E-state index contributed by atoms with van der Waals surface area (Å²) in [5.74, 6) is 2.32. The van der Waals surface area contributed by atoms with Gasteiger partial charge in [-0.15, -0.1) is 0 Å². The quantitative estimate of drug-likeness (QED) is 0.759. The highest BCUT2D eigenvalue weighted by Crippen LogP contribution is 2.36. The molecule has 1 aliphatic heterocycles. The van der Waals surface area contributed by atoms with Crippen LogP contribution in [0.2, 0.25) is 0 Å². The first-order valence-electron chi connectivity index (χ1n) is 10.9. The predicted octanol–water partition coefficient (Wildman–Crippen LogP) is 3.48. The molecule has 0 spiro atoms. The zero-order chi connectivity index (χ0) is 18.9. The van der Waals surface area contributed by atoms with Crippen LogP contribution < -0.4 is 9.80 Å². The molecule has 3 heterocycles. The van der Waals surface area contributed by atoms with Gasteiger partial charge < -0.3 is 9.80 Å². The molecule has 2 aliphatic carbocycles. The highest BCUT2D eigenvalue weighted by molar-refractivity contribution is 5.50. The van der Waals surface area contributed by atoms with Crippen molar-refractivity contribution in [1.82, 2.24) is 19.9 Å². The van der Waals surface area contributed by atoms with Gasteiger partial charge in [0.2, 0.25) is 0 Å². The average molecular weight is 379 g/mol. The molecule has 0 N–H and O–H groups in total. The van der Waals surface area contributed by atoms with Crippen molar-refractivity contribution in [1.29, 1.82) is 0 Å². The van der Waals surface area contributed by atoms with Crippen LogP contribution in [0.4, 0.5) is 11.6 Å². The minimum atomic E-state index is 0.568. The van der Waals surface area contributed by atoms with E-state index >= 15 is 0 Å². The van der Waals surface area contributed by atoms with Crippen molar-refractivity contribution in [3.8, 4) is 0 Å². The van der Waals surface area contributed by atoms with Gasteiger partial charge in [0, 0.05) is 48.2 Å². The van der Waals surface area contributed by atoms with E-state index in [-0.39, 0.29) is 0 Å². The topological polar surface area (TPSA) is 58.0 Å². The molecule has 2 fully saturated rings. The summed E-state index contributed by atoms with van der Waals surface area (Å²) in [5.41, 5.74) is 3.77. The Labute approximate surface area is 167 Å². The first-order chi connectivity index (χ1) is 13.8. The Balaban J connectivity index is 1.32. The Morgan fingerprint density at radius 1 is 0.857 bits per heavy atom. The molecule has 2 aromatic heterocycles. The number of aromatic nitrogens is 4. The fourth-order valence-electron chi connectivity index (χ4n) is 4.92. The van der Waals surface area contributed by atoms with E-state index in [1.807, 2.05) is 0 Å². The summed E-state index contributed by atoms with van der Waals surface area (Å²) < 4.78 is 0. The molecule has 6 nitrogen and oxygen atoms in total. The Morgan fingerprint density at radius 2 is 1.61 bits per heavy atom. The molecular weight excluding hydrogens is 348 g/mol. The third kappa shape index (κ3) is 3.56. The normalized spacial score (nSPS) is 20.5. The summed E-state index contributed by atoms with van der Waals surface area (Å²) in [6.07, 6.45) is 14.5. The summed E-state index contributed by atoms with van der Waals surface area (Å²) in [6.45, 7) is 4.20. The van der Waals surface area contributed by atoms with Crippen LogP contribution >= 0.6 is 0 Å². The Hall–Kier alpha value is -2.24. The van der Waals surface area contributed by atoms with Gasteiger partial charge in [-0.05, 0) is 58.3 Å². The smallest absolute Gasteiger partial charge is 0.135 e. The third-order valence-corrected chi connectivity index (χ3v) is 6.50. The predicted molar refractivity (Wildman–Crippen MR) is 111 cm³/mol. The monoisotopic (exact) mass is 378 g/mol. The molecule has 28 heavy (non-hydrogen) atoms. The van der Waals surface area contributed by atoms with Crippen LogP contribution in [0, 0.1) is 6.92 Å². The summed E-state index contributed by atoms with van der Waals surface area (Å²) in [4.78, 5) is 23.3. The molecule has 1 saturated carbocycles. The van der Waals surface area contributed by atoms with Gasteiger partial charge in [0.15, 0.2) is 0 Å². The van der Waals surface area contributed by atoms with Crippen LogP contribution in [0.1, 0.15) is 61.9 Å². The van der Waals surface area contributed by atoms with Crippen molar-refractivity contribution >= 4 is 11.6 Å². The lowest BCUT2D eigenvalue weighted by molar-refractivity contribution is 0.456. The average Bonchev–Trinajstić information content (AvgIpc) is 3.55. The van der Waals surface area contributed by atoms with Crippen molar-refractivity contribution in [2.75, 3.05) is 22.9 Å². The number of aryl methyl sites for hydroxylation is 2. The molecule has 0 amide bonds. The van der Waals surface area contributed by atoms with Crippen LogP contribution in [-0.4, -0.2) is 45.1 Å². The second-order valence-corrected chi connectivity index (χ2v) is 8.56. The molecule has 1 saturated heterocycles. The molecular formula is C22H30N6. The number of fused-ring (bicyclic) bond motifs is 1. The van der Waals surface area contributed by atoms with Crippen molar-refractivity contribution in [2.45, 2.75) is 76.8 Å². The standard InChI is InChI=1S/C22H30N6/c1-16-13-21(25-14-23-16)28(17-7-8-17)18-9-11-27(12-10-18)22-19-5-3-2-4-6-20(19)24-15-26-22/h13-15,17-18H,2-12H2,1H3. The zero-order valence-electron chi connectivity index (χ0n) is 16.8.